The van der Waals surface area contributed by atoms with Crippen molar-refractivity contribution < 1.29 is 9.47 Å². The topological polar surface area (TPSA) is 57.8 Å². The van der Waals surface area contributed by atoms with E-state index in [-0.39, 0.29) is 6.61 Å². The fourth-order valence-corrected chi connectivity index (χ4v) is 4.41. The van der Waals surface area contributed by atoms with Crippen LogP contribution in [0.25, 0.3) is 0 Å². The summed E-state index contributed by atoms with van der Waals surface area (Å²) in [6.07, 6.45) is 1.77. The van der Waals surface area contributed by atoms with Gasteiger partial charge in [-0.3, -0.25) is 4.99 Å². The molecule has 0 N–H and O–H groups in total. The van der Waals surface area contributed by atoms with E-state index in [4.69, 9.17) is 21.1 Å². The van der Waals surface area contributed by atoms with E-state index in [1.165, 1.54) is 5.69 Å². The molecule has 1 heterocycles. The highest BCUT2D eigenvalue weighted by Gasteiger charge is 2.12. The summed E-state index contributed by atoms with van der Waals surface area (Å²) in [5.74, 6) is 0.534. The predicted molar refractivity (Wildman–Crippen MR) is 131 cm³/mol. The lowest BCUT2D eigenvalue weighted by molar-refractivity contribution is 0.122. The molecule has 1 aliphatic rings. The van der Waals surface area contributed by atoms with Gasteiger partial charge in [0.15, 0.2) is 5.75 Å². The first-order valence-corrected chi connectivity index (χ1v) is 11.4. The van der Waals surface area contributed by atoms with E-state index in [0.717, 1.165) is 47.6 Å². The van der Waals surface area contributed by atoms with Crippen molar-refractivity contribution in [3.63, 3.8) is 0 Å². The van der Waals surface area contributed by atoms with Crippen molar-refractivity contribution in [2.24, 2.45) is 4.99 Å². The Bertz CT molecular complexity index is 1130. The first-order chi connectivity index (χ1) is 15.6. The van der Waals surface area contributed by atoms with Gasteiger partial charge >= 0.3 is 0 Å². The number of hydrogen-bond acceptors (Lipinski definition) is 5. The summed E-state index contributed by atoms with van der Waals surface area (Å²) in [7, 11) is 0. The Morgan fingerprint density at radius 3 is 2.59 bits per heavy atom. The molecule has 3 aromatic carbocycles. The van der Waals surface area contributed by atoms with Crippen molar-refractivity contribution >= 4 is 45.1 Å². The highest BCUT2D eigenvalue weighted by molar-refractivity contribution is 9.10. The first-order valence-electron chi connectivity index (χ1n) is 10.2. The average molecular weight is 511 g/mol. The van der Waals surface area contributed by atoms with Crippen molar-refractivity contribution in [3.05, 3.63) is 86.8 Å². The monoisotopic (exact) mass is 509 g/mol. The van der Waals surface area contributed by atoms with Crippen LogP contribution in [0.4, 0.5) is 11.4 Å². The Balaban J connectivity index is 1.43. The minimum absolute atomic E-state index is 0.255. The minimum atomic E-state index is 0.255. The second-order valence-corrected chi connectivity index (χ2v) is 8.51. The van der Waals surface area contributed by atoms with Crippen LogP contribution in [0, 0.1) is 11.3 Å². The minimum Gasteiger partial charge on any atom is -0.486 e. The number of anilines is 1. The molecule has 0 atom stereocenters. The van der Waals surface area contributed by atoms with Gasteiger partial charge in [-0.15, -0.1) is 0 Å². The maximum Gasteiger partial charge on any atom is 0.152 e. The smallest absolute Gasteiger partial charge is 0.152 e. The van der Waals surface area contributed by atoms with Crippen molar-refractivity contribution in [3.8, 4) is 11.8 Å². The molecular weight excluding hydrogens is 490 g/mol. The summed E-state index contributed by atoms with van der Waals surface area (Å²) >= 11 is 10.0. The SMILES string of the molecule is N#Cc1ccccc1COc1c(Cl)cc(C=Nc2ccc(N3CCOCC3)cc2)cc1Br. The van der Waals surface area contributed by atoms with Crippen molar-refractivity contribution in [1.82, 2.24) is 0 Å². The Hall–Kier alpha value is -2.85. The number of nitriles is 1. The van der Waals surface area contributed by atoms with Crippen LogP contribution in [-0.4, -0.2) is 32.5 Å². The number of hydrogen-bond donors (Lipinski definition) is 0. The molecule has 1 saturated heterocycles. The van der Waals surface area contributed by atoms with Crippen LogP contribution in [0.1, 0.15) is 16.7 Å². The van der Waals surface area contributed by atoms with Crippen LogP contribution >= 0.6 is 27.5 Å². The van der Waals surface area contributed by atoms with Gasteiger partial charge in [-0.2, -0.15) is 5.26 Å². The van der Waals surface area contributed by atoms with Gasteiger partial charge < -0.3 is 14.4 Å². The number of aliphatic imine (C=N–C) groups is 1. The molecule has 1 aliphatic heterocycles. The average Bonchev–Trinajstić information content (AvgIpc) is 2.83. The standard InChI is InChI=1S/C25H21BrClN3O2/c26-23-13-18(14-24(27)25(23)32-17-20-4-2-1-3-19(20)15-28)16-29-21-5-7-22(8-6-21)30-9-11-31-12-10-30/h1-8,13-14,16H,9-12,17H2. The number of rotatable bonds is 6. The van der Waals surface area contributed by atoms with Gasteiger partial charge in [-0.25, -0.2) is 0 Å². The van der Waals surface area contributed by atoms with E-state index < -0.39 is 0 Å². The molecular formula is C25H21BrClN3O2. The lowest BCUT2D eigenvalue weighted by Gasteiger charge is -2.28. The van der Waals surface area contributed by atoms with E-state index in [9.17, 15) is 5.26 Å². The van der Waals surface area contributed by atoms with E-state index in [1.807, 2.05) is 42.5 Å². The molecule has 0 spiro atoms. The normalized spacial score (nSPS) is 13.8. The Morgan fingerprint density at radius 2 is 1.88 bits per heavy atom. The first kappa shape index (κ1) is 22.3. The molecule has 5 nitrogen and oxygen atoms in total. The molecule has 0 aliphatic carbocycles. The zero-order valence-electron chi connectivity index (χ0n) is 17.3. The number of benzene rings is 3. The third kappa shape index (κ3) is 5.49. The van der Waals surface area contributed by atoms with E-state index >= 15 is 0 Å². The molecule has 0 saturated carbocycles. The molecule has 0 aromatic heterocycles. The Kier molecular flexibility index (Phi) is 7.43. The third-order valence-corrected chi connectivity index (χ3v) is 5.99. The van der Waals surface area contributed by atoms with E-state index in [2.05, 4.69) is 44.0 Å². The van der Waals surface area contributed by atoms with Crippen LogP contribution < -0.4 is 9.64 Å². The van der Waals surface area contributed by atoms with Crippen molar-refractivity contribution in [1.29, 1.82) is 5.26 Å². The van der Waals surface area contributed by atoms with Gasteiger partial charge in [0.25, 0.3) is 0 Å². The summed E-state index contributed by atoms with van der Waals surface area (Å²) in [6, 6.07) is 21.4. The third-order valence-electron chi connectivity index (χ3n) is 5.12. The van der Waals surface area contributed by atoms with Crippen LogP contribution in [0.15, 0.2) is 70.1 Å². The zero-order chi connectivity index (χ0) is 22.3. The molecule has 162 valence electrons. The van der Waals surface area contributed by atoms with Crippen LogP contribution in [-0.2, 0) is 11.3 Å². The van der Waals surface area contributed by atoms with Crippen molar-refractivity contribution in [2.75, 3.05) is 31.2 Å². The van der Waals surface area contributed by atoms with Gasteiger partial charge in [-0.05, 0) is 64.0 Å². The van der Waals surface area contributed by atoms with Crippen LogP contribution in [0.5, 0.6) is 5.75 Å². The Labute approximate surface area is 201 Å². The van der Waals surface area contributed by atoms with Crippen LogP contribution in [0.3, 0.4) is 0 Å². The summed E-state index contributed by atoms with van der Waals surface area (Å²) in [6.45, 7) is 3.60. The van der Waals surface area contributed by atoms with Gasteiger partial charge in [0.05, 0.1) is 40.0 Å². The molecule has 0 bridgehead atoms. The predicted octanol–water partition coefficient (Wildman–Crippen LogP) is 6.14. The molecule has 0 unspecified atom stereocenters. The lowest BCUT2D eigenvalue weighted by Crippen LogP contribution is -2.36. The molecule has 7 heteroatoms. The number of halogens is 2. The summed E-state index contributed by atoms with van der Waals surface area (Å²) in [5, 5.41) is 9.70. The molecule has 3 aromatic rings. The van der Waals surface area contributed by atoms with E-state index in [1.54, 1.807) is 12.3 Å². The fraction of sp³-hybridized carbons (Fsp3) is 0.200. The summed E-state index contributed by atoms with van der Waals surface area (Å²) in [5.41, 5.74) is 4.29. The highest BCUT2D eigenvalue weighted by Crippen LogP contribution is 2.35. The molecule has 0 radical (unpaired) electrons. The quantitative estimate of drug-likeness (QED) is 0.374. The largest absolute Gasteiger partial charge is 0.486 e. The van der Waals surface area contributed by atoms with E-state index in [0.29, 0.717) is 16.3 Å². The van der Waals surface area contributed by atoms with Crippen LogP contribution in [0.2, 0.25) is 5.02 Å². The Morgan fingerprint density at radius 1 is 1.12 bits per heavy atom. The molecule has 4 rings (SSSR count). The second-order valence-electron chi connectivity index (χ2n) is 7.25. The number of morpholine rings is 1. The van der Waals surface area contributed by atoms with Gasteiger partial charge in [-0.1, -0.05) is 29.8 Å². The zero-order valence-corrected chi connectivity index (χ0v) is 19.6. The summed E-state index contributed by atoms with van der Waals surface area (Å²) in [4.78, 5) is 6.87. The maximum atomic E-state index is 9.23. The van der Waals surface area contributed by atoms with Crippen molar-refractivity contribution in [2.45, 2.75) is 6.61 Å². The van der Waals surface area contributed by atoms with Gasteiger partial charge in [0, 0.05) is 30.6 Å². The maximum absolute atomic E-state index is 9.23. The van der Waals surface area contributed by atoms with Gasteiger partial charge in [0.1, 0.15) is 6.61 Å². The number of nitrogens with zero attached hydrogens (tertiary/aromatic N) is 3. The molecule has 1 fully saturated rings. The molecule has 32 heavy (non-hydrogen) atoms. The summed E-state index contributed by atoms with van der Waals surface area (Å²) < 4.78 is 12.0. The molecule has 0 amide bonds. The highest BCUT2D eigenvalue weighted by atomic mass is 79.9. The van der Waals surface area contributed by atoms with Gasteiger partial charge in [0.2, 0.25) is 0 Å². The fourth-order valence-electron chi connectivity index (χ4n) is 3.42. The second kappa shape index (κ2) is 10.6. The lowest BCUT2D eigenvalue weighted by atomic mass is 10.1. The number of ether oxygens (including phenoxy) is 2.